The van der Waals surface area contributed by atoms with Gasteiger partial charge in [-0.05, 0) is 71.8 Å². The number of amides is 3. The topological polar surface area (TPSA) is 87.3 Å². The molecular formula is C36H27ClFN3O3S. The van der Waals surface area contributed by atoms with Crippen molar-refractivity contribution < 1.29 is 18.8 Å². The number of halogens is 2. The van der Waals surface area contributed by atoms with Crippen molar-refractivity contribution in [3.05, 3.63) is 167 Å². The molecule has 0 saturated carbocycles. The molecule has 45 heavy (non-hydrogen) atoms. The second-order valence-corrected chi connectivity index (χ2v) is 11.3. The summed E-state index contributed by atoms with van der Waals surface area (Å²) in [6, 6.07) is 37.7. The largest absolute Gasteiger partial charge is 0.322 e. The average molecular weight is 636 g/mol. The first-order chi connectivity index (χ1) is 21.9. The quantitative estimate of drug-likeness (QED) is 0.106. The van der Waals surface area contributed by atoms with Gasteiger partial charge in [0.05, 0.1) is 5.69 Å². The van der Waals surface area contributed by atoms with Crippen molar-refractivity contribution in [2.45, 2.75) is 10.1 Å². The number of hydrogen-bond acceptors (Lipinski definition) is 4. The molecule has 3 N–H and O–H groups in total. The molecule has 0 heterocycles. The van der Waals surface area contributed by atoms with Gasteiger partial charge in [-0.1, -0.05) is 90.5 Å². The van der Waals surface area contributed by atoms with Crippen LogP contribution in [0.4, 0.5) is 15.8 Å². The van der Waals surface area contributed by atoms with E-state index in [0.717, 1.165) is 10.5 Å². The summed E-state index contributed by atoms with van der Waals surface area (Å²) in [4.78, 5) is 40.4. The fourth-order valence-corrected chi connectivity index (χ4v) is 5.52. The zero-order valence-electron chi connectivity index (χ0n) is 23.7. The Kier molecular flexibility index (Phi) is 10.4. The first kappa shape index (κ1) is 31.3. The van der Waals surface area contributed by atoms with Crippen molar-refractivity contribution in [3.63, 3.8) is 0 Å². The molecule has 0 aliphatic carbocycles. The van der Waals surface area contributed by atoms with E-state index in [1.165, 1.54) is 30.0 Å². The Morgan fingerprint density at radius 3 is 2.02 bits per heavy atom. The molecule has 1 atom stereocenters. The number of hydrogen-bond donors (Lipinski definition) is 3. The lowest BCUT2D eigenvalue weighted by atomic mass is 10.1. The Labute approximate surface area is 269 Å². The van der Waals surface area contributed by atoms with E-state index < -0.39 is 22.9 Å². The minimum Gasteiger partial charge on any atom is -0.322 e. The van der Waals surface area contributed by atoms with Gasteiger partial charge in [0, 0.05) is 21.2 Å². The Morgan fingerprint density at radius 2 is 1.33 bits per heavy atom. The maximum Gasteiger partial charge on any atom is 0.272 e. The molecule has 5 rings (SSSR count). The van der Waals surface area contributed by atoms with Gasteiger partial charge in [-0.25, -0.2) is 4.39 Å². The first-order valence-corrected chi connectivity index (χ1v) is 15.1. The van der Waals surface area contributed by atoms with Crippen LogP contribution in [-0.2, 0) is 9.59 Å². The third kappa shape index (κ3) is 8.47. The van der Waals surface area contributed by atoms with E-state index in [-0.39, 0.29) is 17.3 Å². The van der Waals surface area contributed by atoms with Gasteiger partial charge >= 0.3 is 0 Å². The number of carbonyl (C=O) groups is 3. The molecule has 1 unspecified atom stereocenters. The molecule has 5 aromatic rings. The van der Waals surface area contributed by atoms with Crippen LogP contribution < -0.4 is 16.0 Å². The molecule has 9 heteroatoms. The zero-order chi connectivity index (χ0) is 31.6. The summed E-state index contributed by atoms with van der Waals surface area (Å²) >= 11 is 7.61. The van der Waals surface area contributed by atoms with E-state index in [1.807, 2.05) is 30.3 Å². The summed E-state index contributed by atoms with van der Waals surface area (Å²) in [5.74, 6) is -1.90. The average Bonchev–Trinajstić information content (AvgIpc) is 3.06. The van der Waals surface area contributed by atoms with Gasteiger partial charge in [0.15, 0.2) is 0 Å². The van der Waals surface area contributed by atoms with E-state index in [2.05, 4.69) is 16.0 Å². The molecule has 0 aliphatic rings. The summed E-state index contributed by atoms with van der Waals surface area (Å²) in [5, 5.41) is 7.95. The normalized spacial score (nSPS) is 11.7. The van der Waals surface area contributed by atoms with Crippen molar-refractivity contribution in [1.29, 1.82) is 0 Å². The Bertz CT molecular complexity index is 1830. The minimum atomic E-state index is -0.676. The number of thioether (sulfide) groups is 1. The smallest absolute Gasteiger partial charge is 0.272 e. The van der Waals surface area contributed by atoms with Crippen molar-refractivity contribution in [2.75, 3.05) is 10.6 Å². The molecular weight excluding hydrogens is 609 g/mol. The van der Waals surface area contributed by atoms with E-state index in [9.17, 15) is 18.8 Å². The van der Waals surface area contributed by atoms with Crippen molar-refractivity contribution >= 4 is 58.5 Å². The number of benzene rings is 5. The summed E-state index contributed by atoms with van der Waals surface area (Å²) < 4.78 is 14.3. The fourth-order valence-electron chi connectivity index (χ4n) is 4.30. The van der Waals surface area contributed by atoms with Gasteiger partial charge < -0.3 is 16.0 Å². The molecule has 0 radical (unpaired) electrons. The van der Waals surface area contributed by atoms with Gasteiger partial charge in [-0.3, -0.25) is 14.4 Å². The van der Waals surface area contributed by atoms with Gasteiger partial charge in [0.2, 0.25) is 5.91 Å². The van der Waals surface area contributed by atoms with Crippen LogP contribution in [-0.4, -0.2) is 17.7 Å². The SMILES string of the molecule is O=C(Nc1ccc(SC(C(=O)Nc2ccccc2F)c2ccccc2)cc1)/C(=C/c1ccccc1Cl)NC(=O)c1ccccc1. The number of rotatable bonds is 10. The Morgan fingerprint density at radius 1 is 0.711 bits per heavy atom. The Hall–Kier alpha value is -5.18. The second-order valence-electron chi connectivity index (χ2n) is 9.76. The van der Waals surface area contributed by atoms with Gasteiger partial charge in [0.1, 0.15) is 16.8 Å². The van der Waals surface area contributed by atoms with Crippen LogP contribution in [0.1, 0.15) is 26.7 Å². The van der Waals surface area contributed by atoms with Crippen LogP contribution in [0.25, 0.3) is 6.08 Å². The predicted molar refractivity (Wildman–Crippen MR) is 178 cm³/mol. The van der Waals surface area contributed by atoms with Gasteiger partial charge in [0.25, 0.3) is 11.8 Å². The molecule has 224 valence electrons. The van der Waals surface area contributed by atoms with E-state index in [1.54, 1.807) is 91.0 Å². The maximum atomic E-state index is 14.3. The second kappa shape index (κ2) is 15.0. The maximum absolute atomic E-state index is 14.3. The molecule has 3 amide bonds. The van der Waals surface area contributed by atoms with Crippen LogP contribution in [0.3, 0.4) is 0 Å². The molecule has 0 fully saturated rings. The van der Waals surface area contributed by atoms with Gasteiger partial charge in [-0.2, -0.15) is 0 Å². The highest BCUT2D eigenvalue weighted by molar-refractivity contribution is 8.00. The Balaban J connectivity index is 1.33. The minimum absolute atomic E-state index is 0.00404. The summed E-state index contributed by atoms with van der Waals surface area (Å²) in [6.07, 6.45) is 1.52. The van der Waals surface area contributed by atoms with Crippen molar-refractivity contribution in [3.8, 4) is 0 Å². The van der Waals surface area contributed by atoms with Crippen LogP contribution in [0, 0.1) is 5.82 Å². The highest BCUT2D eigenvalue weighted by Gasteiger charge is 2.23. The number of anilines is 2. The molecule has 0 bridgehead atoms. The lowest BCUT2D eigenvalue weighted by molar-refractivity contribution is -0.116. The van der Waals surface area contributed by atoms with Crippen LogP contribution in [0.15, 0.2) is 144 Å². The summed E-state index contributed by atoms with van der Waals surface area (Å²) in [7, 11) is 0. The standard InChI is InChI=1S/C36H27ClFN3O3S/c37-29-16-8-7-15-26(29)23-32(41-34(42)25-13-5-2-6-14-25)35(43)39-27-19-21-28(22-20-27)45-33(24-11-3-1-4-12-24)36(44)40-31-18-10-9-17-30(31)38/h1-23,33H,(H,39,43)(H,40,44)(H,41,42)/b32-23-. The molecule has 0 aliphatic heterocycles. The monoisotopic (exact) mass is 635 g/mol. The molecule has 6 nitrogen and oxygen atoms in total. The third-order valence-corrected chi connectivity index (χ3v) is 8.18. The number of nitrogens with one attached hydrogen (secondary N) is 3. The first-order valence-electron chi connectivity index (χ1n) is 13.9. The molecule has 0 saturated heterocycles. The molecule has 5 aromatic carbocycles. The van der Waals surface area contributed by atoms with Crippen LogP contribution in [0.5, 0.6) is 0 Å². The number of carbonyl (C=O) groups excluding carboxylic acids is 3. The number of para-hydroxylation sites is 1. The zero-order valence-corrected chi connectivity index (χ0v) is 25.3. The van der Waals surface area contributed by atoms with E-state index >= 15 is 0 Å². The molecule has 0 aromatic heterocycles. The third-order valence-electron chi connectivity index (χ3n) is 6.57. The van der Waals surface area contributed by atoms with Crippen LogP contribution >= 0.6 is 23.4 Å². The summed E-state index contributed by atoms with van der Waals surface area (Å²) in [5.41, 5.74) is 2.27. The highest BCUT2D eigenvalue weighted by atomic mass is 35.5. The molecule has 0 spiro atoms. The fraction of sp³-hybridized carbons (Fsp3) is 0.0278. The summed E-state index contributed by atoms with van der Waals surface area (Å²) in [6.45, 7) is 0. The van der Waals surface area contributed by atoms with E-state index in [4.69, 9.17) is 11.6 Å². The van der Waals surface area contributed by atoms with Crippen molar-refractivity contribution in [2.24, 2.45) is 0 Å². The highest BCUT2D eigenvalue weighted by Crippen LogP contribution is 2.37. The van der Waals surface area contributed by atoms with E-state index in [0.29, 0.717) is 21.8 Å². The van der Waals surface area contributed by atoms with Crippen molar-refractivity contribution in [1.82, 2.24) is 5.32 Å². The van der Waals surface area contributed by atoms with Gasteiger partial charge in [-0.15, -0.1) is 11.8 Å². The van der Waals surface area contributed by atoms with Crippen LogP contribution in [0.2, 0.25) is 5.02 Å². The predicted octanol–water partition coefficient (Wildman–Crippen LogP) is 8.36. The lowest BCUT2D eigenvalue weighted by Gasteiger charge is -2.18. The lowest BCUT2D eigenvalue weighted by Crippen LogP contribution is -2.30.